The Bertz CT molecular complexity index is 1640. The molecule has 3 heterocycles. The van der Waals surface area contributed by atoms with Gasteiger partial charge in [-0.2, -0.15) is 0 Å². The minimum absolute atomic E-state index is 0.0492. The van der Waals surface area contributed by atoms with Crippen molar-refractivity contribution in [2.45, 2.75) is 26.7 Å². The number of hydrogen-bond acceptors (Lipinski definition) is 5. The van der Waals surface area contributed by atoms with Gasteiger partial charge >= 0.3 is 0 Å². The van der Waals surface area contributed by atoms with Crippen LogP contribution in [0.25, 0.3) is 27.8 Å². The molecule has 7 nitrogen and oxygen atoms in total. The number of unbranched alkanes of at least 4 members (excludes halogenated alkanes) is 1. The van der Waals surface area contributed by atoms with Gasteiger partial charge in [0.2, 0.25) is 0 Å². The molecule has 2 aromatic heterocycles. The van der Waals surface area contributed by atoms with Gasteiger partial charge in [0.1, 0.15) is 17.9 Å². The van der Waals surface area contributed by atoms with Crippen LogP contribution in [0.1, 0.15) is 35.7 Å². The van der Waals surface area contributed by atoms with Crippen molar-refractivity contribution in [3.05, 3.63) is 103 Å². The average Bonchev–Trinajstić information content (AvgIpc) is 3.42. The van der Waals surface area contributed by atoms with E-state index in [1.165, 1.54) is 5.56 Å². The summed E-state index contributed by atoms with van der Waals surface area (Å²) in [6.45, 7) is 7.57. The summed E-state index contributed by atoms with van der Waals surface area (Å²) in [5.41, 5.74) is 6.04. The third kappa shape index (κ3) is 5.53. The Morgan fingerprint density at radius 2 is 1.68 bits per heavy atom. The van der Waals surface area contributed by atoms with Gasteiger partial charge in [-0.25, -0.2) is 9.97 Å². The molecule has 1 amide bonds. The van der Waals surface area contributed by atoms with Gasteiger partial charge in [0.05, 0.1) is 12.0 Å². The molecule has 1 saturated heterocycles. The zero-order valence-electron chi connectivity index (χ0n) is 23.7. The molecule has 6 rings (SSSR count). The Morgan fingerprint density at radius 3 is 2.41 bits per heavy atom. The molecule has 0 radical (unpaired) electrons. The molecule has 7 heteroatoms. The molecule has 0 atom stereocenters. The summed E-state index contributed by atoms with van der Waals surface area (Å²) in [4.78, 5) is 27.0. The third-order valence-corrected chi connectivity index (χ3v) is 7.66. The Morgan fingerprint density at radius 1 is 0.902 bits per heavy atom. The highest BCUT2D eigenvalue weighted by Gasteiger charge is 2.26. The van der Waals surface area contributed by atoms with Crippen LogP contribution in [-0.4, -0.2) is 58.1 Å². The molecule has 0 aliphatic carbocycles. The van der Waals surface area contributed by atoms with Crippen LogP contribution in [-0.2, 0) is 0 Å². The van der Waals surface area contributed by atoms with Crippen molar-refractivity contribution in [3.63, 3.8) is 0 Å². The summed E-state index contributed by atoms with van der Waals surface area (Å²) in [5, 5.41) is 1.03. The Hall–Kier alpha value is -4.65. The Kier molecular flexibility index (Phi) is 7.67. The van der Waals surface area contributed by atoms with Gasteiger partial charge < -0.3 is 19.1 Å². The molecule has 5 aromatic rings. The molecular weight excluding hydrogens is 510 g/mol. The second-order valence-corrected chi connectivity index (χ2v) is 10.5. The lowest BCUT2D eigenvalue weighted by Crippen LogP contribution is -2.49. The molecule has 0 N–H and O–H groups in total. The molecule has 0 spiro atoms. The van der Waals surface area contributed by atoms with E-state index in [4.69, 9.17) is 14.7 Å². The molecule has 1 aliphatic heterocycles. The van der Waals surface area contributed by atoms with E-state index in [2.05, 4.69) is 78.0 Å². The SMILES string of the molecule is CCCCOc1ccc(C(=O)N2CCN(c3ncnc4c3c(-c3ccccc3)cn4-c3cccc(C)c3)CC2)cc1. The van der Waals surface area contributed by atoms with E-state index in [1.807, 2.05) is 35.2 Å². The number of rotatable bonds is 8. The molecule has 1 aliphatic rings. The zero-order valence-corrected chi connectivity index (χ0v) is 23.7. The minimum Gasteiger partial charge on any atom is -0.494 e. The number of carbonyl (C=O) groups excluding carboxylic acids is 1. The lowest BCUT2D eigenvalue weighted by molar-refractivity contribution is 0.0746. The second kappa shape index (κ2) is 11.8. The van der Waals surface area contributed by atoms with Crippen molar-refractivity contribution in [2.75, 3.05) is 37.7 Å². The molecule has 208 valence electrons. The molecule has 1 fully saturated rings. The van der Waals surface area contributed by atoms with Crippen LogP contribution >= 0.6 is 0 Å². The molecule has 0 bridgehead atoms. The fraction of sp³-hybridized carbons (Fsp3) is 0.265. The number of hydrogen-bond donors (Lipinski definition) is 0. The Balaban J connectivity index is 1.26. The van der Waals surface area contributed by atoms with Crippen molar-refractivity contribution in [1.29, 1.82) is 0 Å². The number of amides is 1. The normalized spacial score (nSPS) is 13.5. The number of anilines is 1. The highest BCUT2D eigenvalue weighted by atomic mass is 16.5. The van der Waals surface area contributed by atoms with Crippen molar-refractivity contribution in [1.82, 2.24) is 19.4 Å². The summed E-state index contributed by atoms with van der Waals surface area (Å²) in [6, 6.07) is 26.4. The molecule has 41 heavy (non-hydrogen) atoms. The predicted octanol–water partition coefficient (Wildman–Crippen LogP) is 6.54. The third-order valence-electron chi connectivity index (χ3n) is 7.66. The van der Waals surface area contributed by atoms with Gasteiger partial charge in [-0.3, -0.25) is 4.79 Å². The van der Waals surface area contributed by atoms with E-state index >= 15 is 0 Å². The maximum absolute atomic E-state index is 13.3. The van der Waals surface area contributed by atoms with E-state index in [9.17, 15) is 4.79 Å². The number of benzene rings is 3. The van der Waals surface area contributed by atoms with Crippen LogP contribution in [0.3, 0.4) is 0 Å². The maximum atomic E-state index is 13.3. The lowest BCUT2D eigenvalue weighted by Gasteiger charge is -2.35. The van der Waals surface area contributed by atoms with Crippen LogP contribution in [0.15, 0.2) is 91.4 Å². The van der Waals surface area contributed by atoms with E-state index in [-0.39, 0.29) is 5.91 Å². The summed E-state index contributed by atoms with van der Waals surface area (Å²) in [6.07, 6.45) is 5.94. The molecule has 3 aromatic carbocycles. The summed E-state index contributed by atoms with van der Waals surface area (Å²) < 4.78 is 7.91. The average molecular weight is 546 g/mol. The van der Waals surface area contributed by atoms with Gasteiger partial charge in [-0.05, 0) is 60.9 Å². The van der Waals surface area contributed by atoms with Gasteiger partial charge in [0, 0.05) is 49.2 Å². The number of aryl methyl sites for hydroxylation is 1. The fourth-order valence-electron chi connectivity index (χ4n) is 5.43. The van der Waals surface area contributed by atoms with Crippen molar-refractivity contribution in [3.8, 4) is 22.6 Å². The zero-order chi connectivity index (χ0) is 28.2. The Labute approximate surface area is 241 Å². The van der Waals surface area contributed by atoms with Crippen LogP contribution < -0.4 is 9.64 Å². The fourth-order valence-corrected chi connectivity index (χ4v) is 5.43. The van der Waals surface area contributed by atoms with E-state index < -0.39 is 0 Å². The van der Waals surface area contributed by atoms with E-state index in [0.717, 1.165) is 52.3 Å². The van der Waals surface area contributed by atoms with E-state index in [0.29, 0.717) is 38.3 Å². The summed E-state index contributed by atoms with van der Waals surface area (Å²) >= 11 is 0. The number of piperazine rings is 1. The highest BCUT2D eigenvalue weighted by Crippen LogP contribution is 2.37. The number of carbonyl (C=O) groups is 1. The standard InChI is InChI=1S/C34H35N5O2/c1-3-4-21-41-29-15-13-27(14-16-29)34(40)38-19-17-37(18-20-38)32-31-30(26-10-6-5-7-11-26)23-39(33(31)36-24-35-32)28-12-8-9-25(2)22-28/h5-16,22-24H,3-4,17-21H2,1-2H3. The van der Waals surface area contributed by atoms with Crippen LogP contribution in [0.2, 0.25) is 0 Å². The first-order valence-electron chi connectivity index (χ1n) is 14.4. The van der Waals surface area contributed by atoms with Crippen molar-refractivity contribution < 1.29 is 9.53 Å². The summed E-state index contributed by atoms with van der Waals surface area (Å²) in [7, 11) is 0. The maximum Gasteiger partial charge on any atom is 0.253 e. The molecular formula is C34H35N5O2. The smallest absolute Gasteiger partial charge is 0.253 e. The predicted molar refractivity (Wildman–Crippen MR) is 164 cm³/mol. The van der Waals surface area contributed by atoms with Crippen LogP contribution in [0, 0.1) is 6.92 Å². The number of ether oxygens (including phenoxy) is 1. The van der Waals surface area contributed by atoms with Gasteiger partial charge in [0.15, 0.2) is 5.65 Å². The van der Waals surface area contributed by atoms with E-state index in [1.54, 1.807) is 6.33 Å². The quantitative estimate of drug-likeness (QED) is 0.207. The first kappa shape index (κ1) is 26.6. The number of fused-ring (bicyclic) bond motifs is 1. The largest absolute Gasteiger partial charge is 0.494 e. The van der Waals surface area contributed by atoms with Gasteiger partial charge in [-0.15, -0.1) is 0 Å². The highest BCUT2D eigenvalue weighted by molar-refractivity contribution is 6.02. The first-order chi connectivity index (χ1) is 20.1. The lowest BCUT2D eigenvalue weighted by atomic mass is 10.1. The monoisotopic (exact) mass is 545 g/mol. The number of nitrogens with zero attached hydrogens (tertiary/aromatic N) is 5. The van der Waals surface area contributed by atoms with Gasteiger partial charge in [-0.1, -0.05) is 55.8 Å². The van der Waals surface area contributed by atoms with Crippen LogP contribution in [0.5, 0.6) is 5.75 Å². The van der Waals surface area contributed by atoms with Gasteiger partial charge in [0.25, 0.3) is 5.91 Å². The molecule has 0 unspecified atom stereocenters. The van der Waals surface area contributed by atoms with Crippen molar-refractivity contribution in [2.24, 2.45) is 0 Å². The molecule has 0 saturated carbocycles. The van der Waals surface area contributed by atoms with Crippen LogP contribution in [0.4, 0.5) is 5.82 Å². The minimum atomic E-state index is 0.0492. The summed E-state index contributed by atoms with van der Waals surface area (Å²) in [5.74, 6) is 1.76. The first-order valence-corrected chi connectivity index (χ1v) is 14.4. The van der Waals surface area contributed by atoms with Crippen molar-refractivity contribution >= 4 is 22.8 Å². The number of aromatic nitrogens is 3. The second-order valence-electron chi connectivity index (χ2n) is 10.5. The topological polar surface area (TPSA) is 63.5 Å².